The average Bonchev–Trinajstić information content (AvgIpc) is 2.47. The minimum absolute atomic E-state index is 0.0914. The summed E-state index contributed by atoms with van der Waals surface area (Å²) in [5.41, 5.74) is 0.721. The number of amides is 1. The Morgan fingerprint density at radius 2 is 2.38 bits per heavy atom. The van der Waals surface area contributed by atoms with E-state index in [9.17, 15) is 9.00 Å². The third-order valence-electron chi connectivity index (χ3n) is 1.82. The van der Waals surface area contributed by atoms with Crippen molar-refractivity contribution >= 4 is 22.4 Å². The van der Waals surface area contributed by atoms with Crippen molar-refractivity contribution < 1.29 is 9.00 Å². The molecule has 0 aromatic carbocycles. The molecule has 0 N–H and O–H groups in total. The van der Waals surface area contributed by atoms with Gasteiger partial charge in [0.15, 0.2) is 0 Å². The molecule has 68 valence electrons. The molecule has 0 aliphatic carbocycles. The summed E-state index contributed by atoms with van der Waals surface area (Å²) < 4.78 is 11.1. The molecule has 1 aliphatic rings. The highest BCUT2D eigenvalue weighted by Gasteiger charge is 2.27. The lowest BCUT2D eigenvalue weighted by Gasteiger charge is -2.12. The summed E-state index contributed by atoms with van der Waals surface area (Å²) >= 11 is 0. The van der Waals surface area contributed by atoms with E-state index in [4.69, 9.17) is 0 Å². The summed E-state index contributed by atoms with van der Waals surface area (Å²) in [6, 6.07) is 3.54. The van der Waals surface area contributed by atoms with E-state index in [1.165, 1.54) is 4.90 Å². The first-order chi connectivity index (χ1) is 6.27. The smallest absolute Gasteiger partial charge is 0.240 e. The minimum atomic E-state index is -1.03. The van der Waals surface area contributed by atoms with E-state index in [0.717, 1.165) is 5.69 Å². The van der Waals surface area contributed by atoms with Gasteiger partial charge in [0, 0.05) is 6.20 Å². The van der Waals surface area contributed by atoms with E-state index < -0.39 is 10.8 Å². The quantitative estimate of drug-likeness (QED) is 0.641. The number of rotatable bonds is 1. The fourth-order valence-corrected chi connectivity index (χ4v) is 2.31. The van der Waals surface area contributed by atoms with Gasteiger partial charge in [0.05, 0.1) is 22.7 Å². The summed E-state index contributed by atoms with van der Waals surface area (Å²) in [6.07, 6.45) is 3.24. The van der Waals surface area contributed by atoms with Crippen LogP contribution in [0.2, 0.25) is 0 Å². The largest absolute Gasteiger partial charge is 0.298 e. The van der Waals surface area contributed by atoms with Crippen molar-refractivity contribution in [2.24, 2.45) is 0 Å². The number of hydrogen-bond acceptors (Lipinski definition) is 3. The van der Waals surface area contributed by atoms with Crippen LogP contribution in [0.4, 0.5) is 5.69 Å². The van der Waals surface area contributed by atoms with E-state index in [1.807, 2.05) is 0 Å². The van der Waals surface area contributed by atoms with Gasteiger partial charge in [0.25, 0.3) is 0 Å². The summed E-state index contributed by atoms with van der Waals surface area (Å²) in [5.74, 6) is 0.339. The van der Waals surface area contributed by atoms with Gasteiger partial charge in [-0.1, -0.05) is 0 Å². The predicted molar refractivity (Wildman–Crippen MR) is 49.6 cm³/mol. The Morgan fingerprint density at radius 3 is 2.92 bits per heavy atom. The highest BCUT2D eigenvalue weighted by atomic mass is 32.2. The van der Waals surface area contributed by atoms with Crippen LogP contribution in [0.15, 0.2) is 24.5 Å². The second kappa shape index (κ2) is 3.26. The highest BCUT2D eigenvalue weighted by molar-refractivity contribution is 7.86. The van der Waals surface area contributed by atoms with Crippen molar-refractivity contribution in [3.8, 4) is 0 Å². The predicted octanol–water partition coefficient (Wildman–Crippen LogP) is 0.134. The van der Waals surface area contributed by atoms with Gasteiger partial charge in [-0.05, 0) is 12.1 Å². The number of hydrogen-bond donors (Lipinski definition) is 0. The van der Waals surface area contributed by atoms with Gasteiger partial charge in [0.1, 0.15) is 11.6 Å². The van der Waals surface area contributed by atoms with E-state index in [-0.39, 0.29) is 11.7 Å². The summed E-state index contributed by atoms with van der Waals surface area (Å²) in [4.78, 5) is 16.7. The van der Waals surface area contributed by atoms with Crippen LogP contribution < -0.4 is 4.90 Å². The van der Waals surface area contributed by atoms with Crippen molar-refractivity contribution in [3.05, 3.63) is 24.5 Å². The Labute approximate surface area is 78.0 Å². The third kappa shape index (κ3) is 1.60. The lowest BCUT2D eigenvalue weighted by molar-refractivity contribution is -0.115. The van der Waals surface area contributed by atoms with Crippen LogP contribution >= 0.6 is 0 Å². The monoisotopic (exact) mass is 196 g/mol. The second-order valence-electron chi connectivity index (χ2n) is 2.75. The van der Waals surface area contributed by atoms with Gasteiger partial charge in [0.2, 0.25) is 5.91 Å². The molecule has 0 spiro atoms. The number of aromatic nitrogens is 1. The topological polar surface area (TPSA) is 50.3 Å². The lowest BCUT2D eigenvalue weighted by atomic mass is 10.4. The van der Waals surface area contributed by atoms with Crippen LogP contribution in [-0.4, -0.2) is 26.7 Å². The molecular weight excluding hydrogens is 188 g/mol. The molecule has 2 rings (SSSR count). The first kappa shape index (κ1) is 8.37. The molecular formula is C8H8N2O2S. The van der Waals surface area contributed by atoms with Gasteiger partial charge < -0.3 is 0 Å². The molecule has 0 bridgehead atoms. The van der Waals surface area contributed by atoms with E-state index in [0.29, 0.717) is 5.88 Å². The molecule has 1 fully saturated rings. The standard InChI is InChI=1S/C8H8N2O2S/c11-8-5-13(12)6-10(8)7-2-1-3-9-4-7/h1-4H,5-6H2. The normalized spacial score (nSPS) is 22.3. The molecule has 4 nitrogen and oxygen atoms in total. The van der Waals surface area contributed by atoms with Crippen molar-refractivity contribution in [2.75, 3.05) is 16.5 Å². The van der Waals surface area contributed by atoms with Gasteiger partial charge in [-0.15, -0.1) is 0 Å². The van der Waals surface area contributed by atoms with Crippen LogP contribution in [0.5, 0.6) is 0 Å². The number of pyridine rings is 1. The molecule has 1 aromatic heterocycles. The van der Waals surface area contributed by atoms with Gasteiger partial charge >= 0.3 is 0 Å². The Hall–Kier alpha value is -1.23. The first-order valence-electron chi connectivity index (χ1n) is 3.83. The number of carbonyl (C=O) groups excluding carboxylic acids is 1. The van der Waals surface area contributed by atoms with Crippen molar-refractivity contribution in [3.63, 3.8) is 0 Å². The molecule has 1 saturated heterocycles. The van der Waals surface area contributed by atoms with Crippen molar-refractivity contribution in [2.45, 2.75) is 0 Å². The fraction of sp³-hybridized carbons (Fsp3) is 0.250. The van der Waals surface area contributed by atoms with Gasteiger partial charge in [-0.3, -0.25) is 18.9 Å². The first-order valence-corrected chi connectivity index (χ1v) is 5.31. The highest BCUT2D eigenvalue weighted by Crippen LogP contribution is 2.16. The van der Waals surface area contributed by atoms with E-state index >= 15 is 0 Å². The molecule has 1 aliphatic heterocycles. The van der Waals surface area contributed by atoms with E-state index in [2.05, 4.69) is 4.98 Å². The third-order valence-corrected chi connectivity index (χ3v) is 2.93. The Bertz CT molecular complexity index is 352. The van der Waals surface area contributed by atoms with Crippen LogP contribution in [-0.2, 0) is 15.6 Å². The summed E-state index contributed by atoms with van der Waals surface area (Å²) in [6.45, 7) is 0. The molecule has 13 heavy (non-hydrogen) atoms. The molecule has 0 saturated carbocycles. The zero-order valence-corrected chi connectivity index (χ0v) is 7.66. The lowest BCUT2D eigenvalue weighted by Crippen LogP contribution is -2.24. The van der Waals surface area contributed by atoms with Crippen LogP contribution in [0.25, 0.3) is 0 Å². The zero-order valence-electron chi connectivity index (χ0n) is 6.84. The Kier molecular flexibility index (Phi) is 2.10. The maximum Gasteiger partial charge on any atom is 0.240 e. The average molecular weight is 196 g/mol. The summed E-state index contributed by atoms with van der Waals surface area (Å²) in [5, 5.41) is 0. The molecule has 0 radical (unpaired) electrons. The SMILES string of the molecule is O=C1CS(=O)CN1c1cccnc1. The zero-order chi connectivity index (χ0) is 9.26. The van der Waals surface area contributed by atoms with Crippen LogP contribution in [0.1, 0.15) is 0 Å². The van der Waals surface area contributed by atoms with Gasteiger partial charge in [-0.25, -0.2) is 0 Å². The molecule has 1 aromatic rings. The Morgan fingerprint density at radius 1 is 1.54 bits per heavy atom. The van der Waals surface area contributed by atoms with Gasteiger partial charge in [-0.2, -0.15) is 0 Å². The van der Waals surface area contributed by atoms with Crippen molar-refractivity contribution in [1.29, 1.82) is 0 Å². The fourth-order valence-electron chi connectivity index (χ4n) is 1.21. The summed E-state index contributed by atoms with van der Waals surface area (Å²) in [7, 11) is -1.03. The number of anilines is 1. The number of nitrogens with zero attached hydrogens (tertiary/aromatic N) is 2. The molecule has 1 amide bonds. The van der Waals surface area contributed by atoms with E-state index in [1.54, 1.807) is 24.5 Å². The van der Waals surface area contributed by atoms with Crippen molar-refractivity contribution in [1.82, 2.24) is 4.98 Å². The minimum Gasteiger partial charge on any atom is -0.298 e. The maximum atomic E-state index is 11.3. The second-order valence-corrected chi connectivity index (χ2v) is 4.17. The molecule has 5 heteroatoms. The molecule has 1 atom stereocenters. The molecule has 2 heterocycles. The molecule has 1 unspecified atom stereocenters. The van der Waals surface area contributed by atoms with Crippen LogP contribution in [0.3, 0.4) is 0 Å². The van der Waals surface area contributed by atoms with Crippen LogP contribution in [0, 0.1) is 0 Å². The maximum absolute atomic E-state index is 11.3. The Balaban J connectivity index is 2.28. The number of carbonyl (C=O) groups is 1.